The predicted molar refractivity (Wildman–Crippen MR) is 62.4 cm³/mol. The van der Waals surface area contributed by atoms with Crippen LogP contribution in [0.25, 0.3) is 6.08 Å². The highest BCUT2D eigenvalue weighted by atomic mass is 14.2. The largest absolute Gasteiger partial charge is 0.0764 e. The summed E-state index contributed by atoms with van der Waals surface area (Å²) < 4.78 is 0. The summed E-state index contributed by atoms with van der Waals surface area (Å²) in [5.74, 6) is 0.692. The summed E-state index contributed by atoms with van der Waals surface area (Å²) in [5, 5.41) is 0. The molecule has 1 aromatic carbocycles. The maximum Gasteiger partial charge on any atom is 0.00272 e. The van der Waals surface area contributed by atoms with Gasteiger partial charge in [0.1, 0.15) is 0 Å². The van der Waals surface area contributed by atoms with Gasteiger partial charge in [-0.05, 0) is 17.5 Å². The summed E-state index contributed by atoms with van der Waals surface area (Å²) in [5.41, 5.74) is 2.96. The van der Waals surface area contributed by atoms with Crippen LogP contribution in [0.4, 0.5) is 0 Å². The second kappa shape index (κ2) is 4.45. The molecule has 74 valence electrons. The van der Waals surface area contributed by atoms with Gasteiger partial charge in [-0.25, -0.2) is 0 Å². The molecule has 1 aromatic rings. The highest BCUT2D eigenvalue weighted by molar-refractivity contribution is 5.62. The standard InChI is InChI=1S/C14H18/c1-2-3-4-7-12-10-11-13-8-5-6-9-14(12)13/h5-6,8-12H,2-4,7H2,1H3. The fourth-order valence-electron chi connectivity index (χ4n) is 2.19. The summed E-state index contributed by atoms with van der Waals surface area (Å²) >= 11 is 0. The molecule has 0 bridgehead atoms. The van der Waals surface area contributed by atoms with Gasteiger partial charge in [0, 0.05) is 5.92 Å². The molecule has 14 heavy (non-hydrogen) atoms. The van der Waals surface area contributed by atoms with Gasteiger partial charge in [-0.3, -0.25) is 0 Å². The Morgan fingerprint density at radius 3 is 2.86 bits per heavy atom. The minimum absolute atomic E-state index is 0.692. The van der Waals surface area contributed by atoms with Gasteiger partial charge in [0.15, 0.2) is 0 Å². The van der Waals surface area contributed by atoms with Crippen molar-refractivity contribution in [1.29, 1.82) is 0 Å². The molecule has 0 saturated carbocycles. The third-order valence-electron chi connectivity index (χ3n) is 3.02. The van der Waals surface area contributed by atoms with Gasteiger partial charge in [0.2, 0.25) is 0 Å². The van der Waals surface area contributed by atoms with Crippen molar-refractivity contribution in [3.63, 3.8) is 0 Å². The summed E-state index contributed by atoms with van der Waals surface area (Å²) in [7, 11) is 0. The maximum absolute atomic E-state index is 2.36. The normalized spacial score (nSPS) is 18.5. The van der Waals surface area contributed by atoms with Crippen LogP contribution in [-0.4, -0.2) is 0 Å². The van der Waals surface area contributed by atoms with Crippen LogP contribution in [0.3, 0.4) is 0 Å². The molecule has 0 spiro atoms. The van der Waals surface area contributed by atoms with Crippen LogP contribution in [0.1, 0.15) is 49.7 Å². The Kier molecular flexibility index (Phi) is 3.03. The van der Waals surface area contributed by atoms with Gasteiger partial charge in [0.05, 0.1) is 0 Å². The average molecular weight is 186 g/mol. The van der Waals surface area contributed by atoms with Crippen LogP contribution in [0.2, 0.25) is 0 Å². The number of fused-ring (bicyclic) bond motifs is 1. The zero-order valence-electron chi connectivity index (χ0n) is 8.87. The Bertz CT molecular complexity index is 323. The summed E-state index contributed by atoms with van der Waals surface area (Å²) in [6, 6.07) is 8.76. The van der Waals surface area contributed by atoms with Gasteiger partial charge in [-0.2, -0.15) is 0 Å². The van der Waals surface area contributed by atoms with Crippen LogP contribution >= 0.6 is 0 Å². The third-order valence-corrected chi connectivity index (χ3v) is 3.02. The van der Waals surface area contributed by atoms with E-state index in [0.29, 0.717) is 5.92 Å². The lowest BCUT2D eigenvalue weighted by molar-refractivity contribution is 0.632. The third kappa shape index (κ3) is 1.89. The topological polar surface area (TPSA) is 0 Å². The smallest absolute Gasteiger partial charge is 0.00272 e. The molecule has 0 radical (unpaired) electrons. The van der Waals surface area contributed by atoms with Crippen LogP contribution in [-0.2, 0) is 0 Å². The Morgan fingerprint density at radius 1 is 1.14 bits per heavy atom. The highest BCUT2D eigenvalue weighted by Crippen LogP contribution is 2.33. The highest BCUT2D eigenvalue weighted by Gasteiger charge is 2.15. The Hall–Kier alpha value is -1.04. The van der Waals surface area contributed by atoms with Crippen LogP contribution in [0, 0.1) is 0 Å². The second-order valence-electron chi connectivity index (χ2n) is 4.09. The van der Waals surface area contributed by atoms with E-state index in [-0.39, 0.29) is 0 Å². The molecule has 2 rings (SSSR count). The van der Waals surface area contributed by atoms with E-state index in [1.807, 2.05) is 0 Å². The van der Waals surface area contributed by atoms with E-state index in [4.69, 9.17) is 0 Å². The molecule has 0 amide bonds. The lowest BCUT2D eigenvalue weighted by Crippen LogP contribution is -1.92. The minimum Gasteiger partial charge on any atom is -0.0764 e. The lowest BCUT2D eigenvalue weighted by atomic mass is 9.95. The van der Waals surface area contributed by atoms with Crippen LogP contribution in [0.15, 0.2) is 30.3 Å². The molecule has 1 aliphatic carbocycles. The first-order valence-electron chi connectivity index (χ1n) is 5.69. The lowest BCUT2D eigenvalue weighted by Gasteiger charge is -2.09. The van der Waals surface area contributed by atoms with Gasteiger partial charge >= 0.3 is 0 Å². The van der Waals surface area contributed by atoms with Crippen LogP contribution in [0.5, 0.6) is 0 Å². The molecule has 0 nitrogen and oxygen atoms in total. The predicted octanol–water partition coefficient (Wildman–Crippen LogP) is 4.38. The molecule has 0 fully saturated rings. The maximum atomic E-state index is 2.36. The van der Waals surface area contributed by atoms with E-state index in [1.54, 1.807) is 0 Å². The van der Waals surface area contributed by atoms with Crippen molar-refractivity contribution in [3.05, 3.63) is 41.5 Å². The van der Waals surface area contributed by atoms with Crippen LogP contribution < -0.4 is 0 Å². The number of rotatable bonds is 4. The van der Waals surface area contributed by atoms with E-state index < -0.39 is 0 Å². The van der Waals surface area contributed by atoms with Crippen molar-refractivity contribution in [3.8, 4) is 0 Å². The van der Waals surface area contributed by atoms with Crippen molar-refractivity contribution in [2.45, 2.75) is 38.5 Å². The Morgan fingerprint density at radius 2 is 2.00 bits per heavy atom. The minimum atomic E-state index is 0.692. The van der Waals surface area contributed by atoms with E-state index in [9.17, 15) is 0 Å². The zero-order valence-corrected chi connectivity index (χ0v) is 8.87. The molecule has 0 N–H and O–H groups in total. The van der Waals surface area contributed by atoms with Gasteiger partial charge in [-0.1, -0.05) is 62.6 Å². The van der Waals surface area contributed by atoms with Crippen molar-refractivity contribution < 1.29 is 0 Å². The molecule has 0 heterocycles. The Labute approximate surface area is 86.7 Å². The molecule has 0 aromatic heterocycles. The van der Waals surface area contributed by atoms with E-state index >= 15 is 0 Å². The molecule has 1 aliphatic rings. The number of hydrogen-bond donors (Lipinski definition) is 0. The van der Waals surface area contributed by atoms with Crippen molar-refractivity contribution in [1.82, 2.24) is 0 Å². The molecular formula is C14H18. The molecule has 0 aliphatic heterocycles. The number of benzene rings is 1. The first kappa shape index (κ1) is 9.51. The summed E-state index contributed by atoms with van der Waals surface area (Å²) in [6.45, 7) is 2.26. The molecular weight excluding hydrogens is 168 g/mol. The number of allylic oxidation sites excluding steroid dienone is 1. The molecule has 0 saturated heterocycles. The number of unbranched alkanes of at least 4 members (excludes halogenated alkanes) is 2. The van der Waals surface area contributed by atoms with Gasteiger partial charge < -0.3 is 0 Å². The fourth-order valence-corrected chi connectivity index (χ4v) is 2.19. The van der Waals surface area contributed by atoms with Crippen molar-refractivity contribution in [2.24, 2.45) is 0 Å². The SMILES string of the molecule is CCCCCC1C=Cc2ccccc21. The summed E-state index contributed by atoms with van der Waals surface area (Å²) in [4.78, 5) is 0. The fraction of sp³-hybridized carbons (Fsp3) is 0.429. The monoisotopic (exact) mass is 186 g/mol. The first-order valence-corrected chi connectivity index (χ1v) is 5.69. The molecule has 0 heteroatoms. The van der Waals surface area contributed by atoms with E-state index in [1.165, 1.54) is 36.8 Å². The second-order valence-corrected chi connectivity index (χ2v) is 4.09. The van der Waals surface area contributed by atoms with E-state index in [2.05, 4.69) is 43.3 Å². The first-order chi connectivity index (χ1) is 6.92. The van der Waals surface area contributed by atoms with Gasteiger partial charge in [0.25, 0.3) is 0 Å². The number of hydrogen-bond acceptors (Lipinski definition) is 0. The molecule has 1 atom stereocenters. The Balaban J connectivity index is 2.00. The van der Waals surface area contributed by atoms with E-state index in [0.717, 1.165) is 0 Å². The average Bonchev–Trinajstić information content (AvgIpc) is 2.63. The summed E-state index contributed by atoms with van der Waals surface area (Å²) in [6.07, 6.45) is 10.00. The van der Waals surface area contributed by atoms with Gasteiger partial charge in [-0.15, -0.1) is 0 Å². The van der Waals surface area contributed by atoms with Crippen molar-refractivity contribution >= 4 is 6.08 Å². The quantitative estimate of drug-likeness (QED) is 0.612. The zero-order chi connectivity index (χ0) is 9.80. The molecule has 1 unspecified atom stereocenters. The van der Waals surface area contributed by atoms with Crippen molar-refractivity contribution in [2.75, 3.05) is 0 Å².